The first-order valence-electron chi connectivity index (χ1n) is 6.74. The Bertz CT molecular complexity index is 554. The first-order valence-corrected chi connectivity index (χ1v) is 9.45. The van der Waals surface area contributed by atoms with Crippen molar-refractivity contribution in [1.29, 1.82) is 0 Å². The molecule has 112 valence electrons. The standard InChI is InChI=1S/C13H21N3O2S2/c1-19-13(7-3-2-4-8-13)10-16-20(17,18)12-11(14)6-5-9-15-12/h5-6,9,16H,2-4,7-8,10,14H2,1H3. The quantitative estimate of drug-likeness (QED) is 0.868. The molecule has 0 atom stereocenters. The van der Waals surface area contributed by atoms with Gasteiger partial charge in [-0.3, -0.25) is 0 Å². The average Bonchev–Trinajstić information content (AvgIpc) is 2.47. The summed E-state index contributed by atoms with van der Waals surface area (Å²) in [6.07, 6.45) is 9.15. The fourth-order valence-electron chi connectivity index (χ4n) is 2.57. The molecule has 1 aromatic heterocycles. The monoisotopic (exact) mass is 315 g/mol. The summed E-state index contributed by atoms with van der Waals surface area (Å²) in [4.78, 5) is 3.88. The Labute approximate surface area is 124 Å². The molecule has 1 saturated carbocycles. The second-order valence-electron chi connectivity index (χ2n) is 5.17. The smallest absolute Gasteiger partial charge is 0.260 e. The van der Waals surface area contributed by atoms with Crippen molar-refractivity contribution >= 4 is 27.5 Å². The molecule has 7 heteroatoms. The molecular formula is C13H21N3O2S2. The SMILES string of the molecule is CSC1(CNS(=O)(=O)c2ncccc2N)CCCCC1. The van der Waals surface area contributed by atoms with Crippen LogP contribution in [-0.4, -0.2) is 30.9 Å². The van der Waals surface area contributed by atoms with Crippen molar-refractivity contribution in [1.82, 2.24) is 9.71 Å². The van der Waals surface area contributed by atoms with Crippen LogP contribution in [0.3, 0.4) is 0 Å². The molecule has 0 bridgehead atoms. The third-order valence-corrected chi connectivity index (χ3v) is 6.63. The van der Waals surface area contributed by atoms with Crippen molar-refractivity contribution in [2.24, 2.45) is 0 Å². The number of rotatable bonds is 5. The molecular weight excluding hydrogens is 294 g/mol. The van der Waals surface area contributed by atoms with E-state index in [4.69, 9.17) is 5.73 Å². The van der Waals surface area contributed by atoms with E-state index in [-0.39, 0.29) is 15.5 Å². The number of anilines is 1. The van der Waals surface area contributed by atoms with Crippen molar-refractivity contribution in [3.63, 3.8) is 0 Å². The summed E-state index contributed by atoms with van der Waals surface area (Å²) >= 11 is 1.75. The zero-order valence-corrected chi connectivity index (χ0v) is 13.3. The molecule has 1 fully saturated rings. The highest BCUT2D eigenvalue weighted by molar-refractivity contribution is 8.00. The van der Waals surface area contributed by atoms with Crippen molar-refractivity contribution in [3.05, 3.63) is 18.3 Å². The fourth-order valence-corrected chi connectivity index (χ4v) is 4.76. The summed E-state index contributed by atoms with van der Waals surface area (Å²) in [6, 6.07) is 3.17. The van der Waals surface area contributed by atoms with E-state index >= 15 is 0 Å². The molecule has 1 aliphatic rings. The lowest BCUT2D eigenvalue weighted by Crippen LogP contribution is -2.42. The van der Waals surface area contributed by atoms with Crippen LogP contribution in [0.1, 0.15) is 32.1 Å². The van der Waals surface area contributed by atoms with Crippen LogP contribution in [0, 0.1) is 0 Å². The summed E-state index contributed by atoms with van der Waals surface area (Å²) in [7, 11) is -3.64. The van der Waals surface area contributed by atoms with E-state index in [1.54, 1.807) is 23.9 Å². The molecule has 0 aromatic carbocycles. The Hall–Kier alpha value is -0.790. The van der Waals surface area contributed by atoms with Crippen LogP contribution in [0.4, 0.5) is 5.69 Å². The Kier molecular flexibility index (Phi) is 4.93. The first-order chi connectivity index (χ1) is 9.49. The lowest BCUT2D eigenvalue weighted by Gasteiger charge is -2.35. The van der Waals surface area contributed by atoms with Crippen LogP contribution in [0.25, 0.3) is 0 Å². The molecule has 0 amide bonds. The second-order valence-corrected chi connectivity index (χ2v) is 8.13. The van der Waals surface area contributed by atoms with E-state index in [2.05, 4.69) is 16.0 Å². The molecule has 0 radical (unpaired) electrons. The largest absolute Gasteiger partial charge is 0.396 e. The van der Waals surface area contributed by atoms with Crippen LogP contribution >= 0.6 is 11.8 Å². The summed E-state index contributed by atoms with van der Waals surface area (Å²) in [5.41, 5.74) is 5.88. The number of nitrogen functional groups attached to an aromatic ring is 1. The van der Waals surface area contributed by atoms with Gasteiger partial charge in [0, 0.05) is 17.5 Å². The van der Waals surface area contributed by atoms with E-state index in [0.717, 1.165) is 25.7 Å². The number of sulfonamides is 1. The molecule has 2 rings (SSSR count). The van der Waals surface area contributed by atoms with Crippen molar-refractivity contribution < 1.29 is 8.42 Å². The van der Waals surface area contributed by atoms with Gasteiger partial charge < -0.3 is 5.73 Å². The molecule has 0 aliphatic heterocycles. The Morgan fingerprint density at radius 2 is 2.10 bits per heavy atom. The highest BCUT2D eigenvalue weighted by atomic mass is 32.2. The number of pyridine rings is 1. The molecule has 1 aliphatic carbocycles. The van der Waals surface area contributed by atoms with Gasteiger partial charge in [-0.15, -0.1) is 0 Å². The molecule has 1 aromatic rings. The number of hydrogen-bond acceptors (Lipinski definition) is 5. The number of thioether (sulfide) groups is 1. The Balaban J connectivity index is 2.11. The highest BCUT2D eigenvalue weighted by Gasteiger charge is 2.33. The molecule has 0 saturated heterocycles. The second kappa shape index (κ2) is 6.32. The van der Waals surface area contributed by atoms with Gasteiger partial charge in [0.15, 0.2) is 5.03 Å². The van der Waals surface area contributed by atoms with Gasteiger partial charge in [-0.2, -0.15) is 11.8 Å². The number of aromatic nitrogens is 1. The average molecular weight is 315 g/mol. The maximum atomic E-state index is 12.3. The number of hydrogen-bond donors (Lipinski definition) is 2. The van der Waals surface area contributed by atoms with E-state index < -0.39 is 10.0 Å². The minimum atomic E-state index is -3.64. The maximum Gasteiger partial charge on any atom is 0.260 e. The van der Waals surface area contributed by atoms with Crippen molar-refractivity contribution in [2.75, 3.05) is 18.5 Å². The molecule has 20 heavy (non-hydrogen) atoms. The minimum absolute atomic E-state index is 0.00879. The van der Waals surface area contributed by atoms with E-state index in [1.807, 2.05) is 0 Å². The molecule has 0 spiro atoms. The van der Waals surface area contributed by atoms with Gasteiger partial charge in [0.2, 0.25) is 0 Å². The number of nitrogens with one attached hydrogen (secondary N) is 1. The van der Waals surface area contributed by atoms with Crippen LogP contribution in [0.5, 0.6) is 0 Å². The Morgan fingerprint density at radius 3 is 2.70 bits per heavy atom. The van der Waals surface area contributed by atoms with Gasteiger partial charge in [-0.05, 0) is 31.2 Å². The van der Waals surface area contributed by atoms with Crippen LogP contribution in [0.2, 0.25) is 0 Å². The predicted molar refractivity (Wildman–Crippen MR) is 83.2 cm³/mol. The number of nitrogens with two attached hydrogens (primary N) is 1. The van der Waals surface area contributed by atoms with Crippen LogP contribution < -0.4 is 10.5 Å². The lowest BCUT2D eigenvalue weighted by molar-refractivity contribution is 0.394. The zero-order valence-electron chi connectivity index (χ0n) is 11.6. The highest BCUT2D eigenvalue weighted by Crippen LogP contribution is 2.38. The van der Waals surface area contributed by atoms with Gasteiger partial charge in [-0.25, -0.2) is 18.1 Å². The molecule has 3 N–H and O–H groups in total. The molecule has 1 heterocycles. The summed E-state index contributed by atoms with van der Waals surface area (Å²) in [5, 5.41) is -0.0768. The van der Waals surface area contributed by atoms with Gasteiger partial charge in [0.05, 0.1) is 5.69 Å². The van der Waals surface area contributed by atoms with E-state index in [1.165, 1.54) is 12.6 Å². The van der Waals surface area contributed by atoms with Gasteiger partial charge >= 0.3 is 0 Å². The van der Waals surface area contributed by atoms with Gasteiger partial charge in [-0.1, -0.05) is 19.3 Å². The third kappa shape index (κ3) is 3.45. The van der Waals surface area contributed by atoms with Gasteiger partial charge in [0.1, 0.15) is 0 Å². The van der Waals surface area contributed by atoms with Crippen LogP contribution in [0.15, 0.2) is 23.4 Å². The van der Waals surface area contributed by atoms with Crippen molar-refractivity contribution in [2.45, 2.75) is 41.9 Å². The summed E-state index contributed by atoms with van der Waals surface area (Å²) < 4.78 is 27.3. The predicted octanol–water partition coefficient (Wildman–Crippen LogP) is 2.01. The summed E-state index contributed by atoms with van der Waals surface area (Å²) in [5.74, 6) is 0. The first kappa shape index (κ1) is 15.6. The zero-order chi connectivity index (χ0) is 14.6. The van der Waals surface area contributed by atoms with Crippen LogP contribution in [-0.2, 0) is 10.0 Å². The Morgan fingerprint density at radius 1 is 1.40 bits per heavy atom. The van der Waals surface area contributed by atoms with Crippen molar-refractivity contribution in [3.8, 4) is 0 Å². The normalized spacial score (nSPS) is 18.9. The van der Waals surface area contributed by atoms with E-state index in [9.17, 15) is 8.42 Å². The lowest BCUT2D eigenvalue weighted by atomic mass is 9.88. The fraction of sp³-hybridized carbons (Fsp3) is 0.615. The molecule has 0 unspecified atom stereocenters. The third-order valence-electron chi connectivity index (χ3n) is 3.84. The topological polar surface area (TPSA) is 85.1 Å². The summed E-state index contributed by atoms with van der Waals surface area (Å²) in [6.45, 7) is 0.437. The number of nitrogens with zero attached hydrogens (tertiary/aromatic N) is 1. The maximum absolute atomic E-state index is 12.3. The minimum Gasteiger partial charge on any atom is -0.396 e. The van der Waals surface area contributed by atoms with E-state index in [0.29, 0.717) is 6.54 Å². The molecule has 5 nitrogen and oxygen atoms in total. The van der Waals surface area contributed by atoms with Gasteiger partial charge in [0.25, 0.3) is 10.0 Å².